The highest BCUT2D eigenvalue weighted by molar-refractivity contribution is 9.10. The third kappa shape index (κ3) is 4.72. The molecule has 0 bridgehead atoms. The summed E-state index contributed by atoms with van der Waals surface area (Å²) in [7, 11) is 1.27. The Morgan fingerprint density at radius 3 is 2.52 bits per heavy atom. The van der Waals surface area contributed by atoms with Gasteiger partial charge in [-0.15, -0.1) is 0 Å². The predicted molar refractivity (Wildman–Crippen MR) is 95.0 cm³/mol. The van der Waals surface area contributed by atoms with Crippen LogP contribution in [0.2, 0.25) is 0 Å². The predicted octanol–water partition coefficient (Wildman–Crippen LogP) is 5.50. The maximum absolute atomic E-state index is 11.3. The van der Waals surface area contributed by atoms with Crippen LogP contribution in [0.4, 0.5) is 4.79 Å². The van der Waals surface area contributed by atoms with Gasteiger partial charge in [-0.25, -0.2) is 4.79 Å². The van der Waals surface area contributed by atoms with E-state index in [0.717, 1.165) is 26.7 Å². The number of hydrogen-bond acceptors (Lipinski definition) is 4. The number of aryl methyl sites for hydroxylation is 1. The first-order chi connectivity index (χ1) is 11.0. The molecule has 0 saturated carbocycles. The maximum Gasteiger partial charge on any atom is 0.513 e. The van der Waals surface area contributed by atoms with Crippen molar-refractivity contribution in [3.63, 3.8) is 0 Å². The topological polar surface area (TPSA) is 44.8 Å². The molecule has 0 radical (unpaired) electrons. The Morgan fingerprint density at radius 2 is 1.87 bits per heavy atom. The van der Waals surface area contributed by atoms with E-state index in [-0.39, 0.29) is 6.61 Å². The first kappa shape index (κ1) is 17.8. The first-order valence-corrected chi connectivity index (χ1v) is 8.58. The summed E-state index contributed by atoms with van der Waals surface area (Å²) in [6.07, 6.45) is 0.193. The Hall–Kier alpha value is -1.53. The largest absolute Gasteiger partial charge is 0.513 e. The van der Waals surface area contributed by atoms with Crippen LogP contribution in [0.3, 0.4) is 0 Å². The molecule has 0 saturated heterocycles. The van der Waals surface area contributed by atoms with Gasteiger partial charge in [0.2, 0.25) is 0 Å². The monoisotopic (exact) mass is 442 g/mol. The van der Waals surface area contributed by atoms with Gasteiger partial charge in [0.25, 0.3) is 0 Å². The third-order valence-corrected chi connectivity index (χ3v) is 4.58. The van der Waals surface area contributed by atoms with E-state index in [0.29, 0.717) is 5.75 Å². The van der Waals surface area contributed by atoms with Gasteiger partial charge in [-0.1, -0.05) is 35.0 Å². The zero-order valence-corrected chi connectivity index (χ0v) is 15.9. The molecule has 0 aliphatic rings. The van der Waals surface area contributed by atoms with Gasteiger partial charge in [0, 0.05) is 10.0 Å². The van der Waals surface area contributed by atoms with Crippen LogP contribution < -0.4 is 9.47 Å². The molecule has 0 aromatic heterocycles. The lowest BCUT2D eigenvalue weighted by atomic mass is 10.2. The van der Waals surface area contributed by atoms with Crippen LogP contribution in [-0.4, -0.2) is 13.3 Å². The molecule has 0 atom stereocenters. The van der Waals surface area contributed by atoms with Crippen molar-refractivity contribution in [2.75, 3.05) is 7.11 Å². The van der Waals surface area contributed by atoms with E-state index >= 15 is 0 Å². The van der Waals surface area contributed by atoms with Crippen LogP contribution in [0.15, 0.2) is 45.3 Å². The van der Waals surface area contributed by atoms with Crippen molar-refractivity contribution < 1.29 is 19.0 Å². The number of halogens is 2. The number of carbonyl (C=O) groups is 1. The van der Waals surface area contributed by atoms with Gasteiger partial charge in [0.15, 0.2) is 0 Å². The SMILES string of the molecule is CCc1ccc(OCc2c(Br)cccc2OC(=O)OC)c(Br)c1. The average Bonchev–Trinajstić information content (AvgIpc) is 2.55. The Balaban J connectivity index is 2.18. The number of methoxy groups -OCH3 is 1. The molecular formula is C17H16Br2O4. The van der Waals surface area contributed by atoms with Crippen LogP contribution >= 0.6 is 31.9 Å². The minimum absolute atomic E-state index is 0.248. The fourth-order valence-corrected chi connectivity index (χ4v) is 2.94. The molecule has 0 amide bonds. The number of hydrogen-bond donors (Lipinski definition) is 0. The fourth-order valence-electron chi connectivity index (χ4n) is 1.94. The summed E-state index contributed by atoms with van der Waals surface area (Å²) in [6.45, 7) is 2.34. The van der Waals surface area contributed by atoms with E-state index in [4.69, 9.17) is 9.47 Å². The normalized spacial score (nSPS) is 10.3. The smallest absolute Gasteiger partial charge is 0.488 e. The maximum atomic E-state index is 11.3. The van der Waals surface area contributed by atoms with Crippen molar-refractivity contribution in [3.8, 4) is 11.5 Å². The number of rotatable bonds is 5. The van der Waals surface area contributed by atoms with E-state index in [9.17, 15) is 4.79 Å². The summed E-state index contributed by atoms with van der Waals surface area (Å²) in [6, 6.07) is 11.3. The second-order valence-electron chi connectivity index (χ2n) is 4.68. The Labute approximate surface area is 152 Å². The highest BCUT2D eigenvalue weighted by atomic mass is 79.9. The van der Waals surface area contributed by atoms with E-state index < -0.39 is 6.16 Å². The third-order valence-electron chi connectivity index (χ3n) is 3.21. The lowest BCUT2D eigenvalue weighted by molar-refractivity contribution is 0.120. The number of carbonyl (C=O) groups excluding carboxylic acids is 1. The van der Waals surface area contributed by atoms with Crippen LogP contribution in [0, 0.1) is 0 Å². The summed E-state index contributed by atoms with van der Waals surface area (Å²) >= 11 is 6.96. The lowest BCUT2D eigenvalue weighted by Gasteiger charge is -2.13. The second-order valence-corrected chi connectivity index (χ2v) is 6.39. The summed E-state index contributed by atoms with van der Waals surface area (Å²) in [5.41, 5.74) is 1.95. The van der Waals surface area contributed by atoms with Crippen LogP contribution in [-0.2, 0) is 17.8 Å². The molecule has 0 heterocycles. The average molecular weight is 444 g/mol. The Morgan fingerprint density at radius 1 is 1.09 bits per heavy atom. The zero-order valence-electron chi connectivity index (χ0n) is 12.8. The highest BCUT2D eigenvalue weighted by Crippen LogP contribution is 2.31. The van der Waals surface area contributed by atoms with Crippen molar-refractivity contribution in [1.29, 1.82) is 0 Å². The Bertz CT molecular complexity index is 701. The molecule has 6 heteroatoms. The number of benzene rings is 2. The summed E-state index contributed by atoms with van der Waals surface area (Å²) in [5, 5.41) is 0. The van der Waals surface area contributed by atoms with Gasteiger partial charge >= 0.3 is 6.16 Å². The van der Waals surface area contributed by atoms with Crippen molar-refractivity contribution in [2.45, 2.75) is 20.0 Å². The van der Waals surface area contributed by atoms with Gasteiger partial charge in [-0.05, 0) is 52.2 Å². The lowest BCUT2D eigenvalue weighted by Crippen LogP contribution is -2.10. The minimum atomic E-state index is -0.766. The number of ether oxygens (including phenoxy) is 3. The zero-order chi connectivity index (χ0) is 16.8. The van der Waals surface area contributed by atoms with Gasteiger partial charge < -0.3 is 14.2 Å². The molecule has 0 unspecified atom stereocenters. The van der Waals surface area contributed by atoms with Crippen molar-refractivity contribution in [2.24, 2.45) is 0 Å². The van der Waals surface area contributed by atoms with Gasteiger partial charge in [-0.2, -0.15) is 0 Å². The van der Waals surface area contributed by atoms with Crippen LogP contribution in [0.5, 0.6) is 11.5 Å². The quantitative estimate of drug-likeness (QED) is 0.452. The minimum Gasteiger partial charge on any atom is -0.488 e. The molecule has 2 aromatic rings. The molecule has 0 fully saturated rings. The molecule has 0 aliphatic carbocycles. The van der Waals surface area contributed by atoms with Crippen molar-refractivity contribution in [3.05, 3.63) is 56.5 Å². The molecule has 0 aliphatic heterocycles. The standard InChI is InChI=1S/C17H16Br2O4/c1-3-11-7-8-16(14(19)9-11)22-10-12-13(18)5-4-6-15(12)23-17(20)21-2/h4-9H,3,10H2,1-2H3. The molecule has 4 nitrogen and oxygen atoms in total. The van der Waals surface area contributed by atoms with Crippen LogP contribution in [0.25, 0.3) is 0 Å². The molecule has 0 N–H and O–H groups in total. The van der Waals surface area contributed by atoms with E-state index in [1.165, 1.54) is 12.7 Å². The molecular weight excluding hydrogens is 428 g/mol. The van der Waals surface area contributed by atoms with Crippen molar-refractivity contribution >= 4 is 38.0 Å². The van der Waals surface area contributed by atoms with E-state index in [2.05, 4.69) is 43.5 Å². The van der Waals surface area contributed by atoms with E-state index in [1.807, 2.05) is 24.3 Å². The molecule has 23 heavy (non-hydrogen) atoms. The summed E-state index contributed by atoms with van der Waals surface area (Å²) in [5.74, 6) is 1.12. The van der Waals surface area contributed by atoms with Gasteiger partial charge in [0.1, 0.15) is 18.1 Å². The summed E-state index contributed by atoms with van der Waals surface area (Å²) < 4.78 is 17.2. The molecule has 2 rings (SSSR count). The van der Waals surface area contributed by atoms with E-state index in [1.54, 1.807) is 12.1 Å². The van der Waals surface area contributed by atoms with Crippen molar-refractivity contribution in [1.82, 2.24) is 0 Å². The second kappa shape index (κ2) is 8.36. The Kier molecular flexibility index (Phi) is 6.47. The molecule has 2 aromatic carbocycles. The molecule has 122 valence electrons. The highest BCUT2D eigenvalue weighted by Gasteiger charge is 2.13. The van der Waals surface area contributed by atoms with Gasteiger partial charge in [-0.3, -0.25) is 0 Å². The van der Waals surface area contributed by atoms with Gasteiger partial charge in [0.05, 0.1) is 11.6 Å². The first-order valence-electron chi connectivity index (χ1n) is 6.99. The molecule has 0 spiro atoms. The van der Waals surface area contributed by atoms with Crippen LogP contribution in [0.1, 0.15) is 18.1 Å². The fraction of sp³-hybridized carbons (Fsp3) is 0.235. The summed E-state index contributed by atoms with van der Waals surface area (Å²) in [4.78, 5) is 11.3.